The lowest BCUT2D eigenvalue weighted by atomic mass is 10.2. The maximum Gasteiger partial charge on any atom is 0.322 e. The fraction of sp³-hybridized carbons (Fsp3) is 0.250. The topological polar surface area (TPSA) is 140 Å². The minimum absolute atomic E-state index is 0.0731. The molecule has 0 radical (unpaired) electrons. The van der Waals surface area contributed by atoms with Crippen LogP contribution in [-0.2, 0) is 25.6 Å². The van der Waals surface area contributed by atoms with Crippen molar-refractivity contribution in [1.29, 1.82) is 0 Å². The molecule has 170 valence electrons. The molecule has 0 bridgehead atoms. The molecule has 1 heterocycles. The van der Waals surface area contributed by atoms with Crippen LogP contribution >= 0.6 is 0 Å². The lowest BCUT2D eigenvalue weighted by Gasteiger charge is -2.18. The highest BCUT2D eigenvalue weighted by atomic mass is 32.2. The van der Waals surface area contributed by atoms with Gasteiger partial charge in [-0.15, -0.1) is 5.10 Å². The molecule has 1 aromatic heterocycles. The summed E-state index contributed by atoms with van der Waals surface area (Å²) in [6, 6.07) is 13.0. The van der Waals surface area contributed by atoms with E-state index < -0.39 is 31.5 Å². The number of hydrogen-bond acceptors (Lipinski definition) is 8. The van der Waals surface area contributed by atoms with Crippen molar-refractivity contribution in [3.05, 3.63) is 66.1 Å². The van der Waals surface area contributed by atoms with Crippen LogP contribution in [0.4, 0.5) is 6.01 Å². The van der Waals surface area contributed by atoms with Crippen LogP contribution in [0.25, 0.3) is 0 Å². The van der Waals surface area contributed by atoms with Gasteiger partial charge in [-0.3, -0.25) is 10.1 Å². The van der Waals surface area contributed by atoms with Gasteiger partial charge >= 0.3 is 6.01 Å². The van der Waals surface area contributed by atoms with Crippen molar-refractivity contribution in [2.75, 3.05) is 18.4 Å². The summed E-state index contributed by atoms with van der Waals surface area (Å²) in [6.45, 7) is 4.15. The zero-order chi connectivity index (χ0) is 23.4. The average molecular weight is 479 g/mol. The number of hydrogen-bond donors (Lipinski definition) is 1. The number of amides is 1. The van der Waals surface area contributed by atoms with Gasteiger partial charge in [0, 0.05) is 18.7 Å². The minimum Gasteiger partial charge on any atom is -0.407 e. The molecule has 32 heavy (non-hydrogen) atoms. The Balaban J connectivity index is 1.69. The standard InChI is InChI=1S/C20H22N4O6S2/c1-3-24(4-2)32(28,29)17-12-10-15(11-13-17)19(25)21-20-23-22-18(30-20)14-31(26,27)16-8-6-5-7-9-16/h5-13H,3-4,14H2,1-2H3,(H,21,23,25). The van der Waals surface area contributed by atoms with Crippen LogP contribution in [0.15, 0.2) is 68.8 Å². The highest BCUT2D eigenvalue weighted by molar-refractivity contribution is 7.90. The van der Waals surface area contributed by atoms with Crippen molar-refractivity contribution in [1.82, 2.24) is 14.5 Å². The molecule has 0 aliphatic heterocycles. The van der Waals surface area contributed by atoms with Gasteiger partial charge < -0.3 is 4.42 Å². The monoisotopic (exact) mass is 478 g/mol. The molecule has 0 fully saturated rings. The quantitative estimate of drug-likeness (QED) is 0.494. The number of carbonyl (C=O) groups is 1. The summed E-state index contributed by atoms with van der Waals surface area (Å²) in [4.78, 5) is 12.6. The van der Waals surface area contributed by atoms with Gasteiger partial charge in [-0.25, -0.2) is 16.8 Å². The van der Waals surface area contributed by atoms with E-state index in [2.05, 4.69) is 15.5 Å². The van der Waals surface area contributed by atoms with Gasteiger partial charge in [-0.2, -0.15) is 4.31 Å². The molecular formula is C20H22N4O6S2. The fourth-order valence-corrected chi connectivity index (χ4v) is 5.53. The second-order valence-corrected chi connectivity index (χ2v) is 10.6. The van der Waals surface area contributed by atoms with Crippen LogP contribution in [0.3, 0.4) is 0 Å². The molecule has 10 nitrogen and oxygen atoms in total. The van der Waals surface area contributed by atoms with E-state index in [9.17, 15) is 21.6 Å². The molecule has 0 spiro atoms. The van der Waals surface area contributed by atoms with Crippen LogP contribution in [0.2, 0.25) is 0 Å². The predicted octanol–water partition coefficient (Wildman–Crippen LogP) is 2.33. The van der Waals surface area contributed by atoms with E-state index in [-0.39, 0.29) is 27.3 Å². The fourth-order valence-electron chi connectivity index (χ4n) is 2.90. The third kappa shape index (κ3) is 5.21. The smallest absolute Gasteiger partial charge is 0.322 e. The Morgan fingerprint density at radius 2 is 1.53 bits per heavy atom. The SMILES string of the molecule is CCN(CC)S(=O)(=O)c1ccc(C(=O)Nc2nnc(CS(=O)(=O)c3ccccc3)o2)cc1. The minimum atomic E-state index is -3.68. The summed E-state index contributed by atoms with van der Waals surface area (Å²) < 4.78 is 56.4. The van der Waals surface area contributed by atoms with Gasteiger partial charge in [0.1, 0.15) is 5.75 Å². The number of rotatable bonds is 9. The zero-order valence-corrected chi connectivity index (χ0v) is 19.1. The molecule has 0 saturated heterocycles. The van der Waals surface area contributed by atoms with Crippen molar-refractivity contribution >= 4 is 31.8 Å². The molecule has 3 rings (SSSR count). The average Bonchev–Trinajstić information content (AvgIpc) is 3.21. The van der Waals surface area contributed by atoms with E-state index in [0.29, 0.717) is 13.1 Å². The molecule has 12 heteroatoms. The Morgan fingerprint density at radius 1 is 0.906 bits per heavy atom. The maximum absolute atomic E-state index is 12.5. The highest BCUT2D eigenvalue weighted by Gasteiger charge is 2.23. The molecule has 1 amide bonds. The third-order valence-corrected chi connectivity index (χ3v) is 8.24. The molecule has 3 aromatic rings. The van der Waals surface area contributed by atoms with Gasteiger partial charge in [0.15, 0.2) is 9.84 Å². The number of benzene rings is 2. The first kappa shape index (κ1) is 23.6. The molecule has 0 saturated carbocycles. The van der Waals surface area contributed by atoms with Gasteiger partial charge in [-0.05, 0) is 36.4 Å². The summed E-state index contributed by atoms with van der Waals surface area (Å²) in [5, 5.41) is 9.68. The largest absolute Gasteiger partial charge is 0.407 e. The molecule has 2 aromatic carbocycles. The molecule has 0 aliphatic carbocycles. The molecular weight excluding hydrogens is 456 g/mol. The summed E-state index contributed by atoms with van der Waals surface area (Å²) in [7, 11) is -7.32. The number of sulfonamides is 1. The summed E-state index contributed by atoms with van der Waals surface area (Å²) in [5.74, 6) is -1.31. The van der Waals surface area contributed by atoms with E-state index in [1.54, 1.807) is 32.0 Å². The van der Waals surface area contributed by atoms with Crippen molar-refractivity contribution in [3.8, 4) is 0 Å². The van der Waals surface area contributed by atoms with Crippen molar-refractivity contribution in [3.63, 3.8) is 0 Å². The molecule has 1 N–H and O–H groups in total. The number of sulfone groups is 1. The normalized spacial score (nSPS) is 12.1. The number of anilines is 1. The van der Waals surface area contributed by atoms with Crippen molar-refractivity contribution in [2.45, 2.75) is 29.4 Å². The first-order valence-corrected chi connectivity index (χ1v) is 12.8. The lowest BCUT2D eigenvalue weighted by molar-refractivity contribution is 0.102. The van der Waals surface area contributed by atoms with E-state index >= 15 is 0 Å². The van der Waals surface area contributed by atoms with Gasteiger partial charge in [-0.1, -0.05) is 37.1 Å². The molecule has 0 unspecified atom stereocenters. The Kier molecular flexibility index (Phi) is 7.06. The van der Waals surface area contributed by atoms with Crippen LogP contribution in [0.1, 0.15) is 30.1 Å². The number of aromatic nitrogens is 2. The Hall–Kier alpha value is -3.09. The Morgan fingerprint density at radius 3 is 2.12 bits per heavy atom. The van der Waals surface area contributed by atoms with Gasteiger partial charge in [0.2, 0.25) is 15.9 Å². The summed E-state index contributed by atoms with van der Waals surface area (Å²) in [6.07, 6.45) is 0. The van der Waals surface area contributed by atoms with Crippen LogP contribution < -0.4 is 5.32 Å². The second-order valence-electron chi connectivity index (χ2n) is 6.64. The predicted molar refractivity (Wildman–Crippen MR) is 116 cm³/mol. The maximum atomic E-state index is 12.5. The number of carbonyl (C=O) groups excluding carboxylic acids is 1. The van der Waals surface area contributed by atoms with Crippen LogP contribution in [-0.4, -0.2) is 50.3 Å². The first-order chi connectivity index (χ1) is 15.2. The van der Waals surface area contributed by atoms with E-state index in [0.717, 1.165) is 0 Å². The van der Waals surface area contributed by atoms with Crippen LogP contribution in [0, 0.1) is 0 Å². The van der Waals surface area contributed by atoms with Crippen molar-refractivity contribution in [2.24, 2.45) is 0 Å². The van der Waals surface area contributed by atoms with E-state index in [1.165, 1.54) is 40.7 Å². The van der Waals surface area contributed by atoms with Gasteiger partial charge in [0.05, 0.1) is 9.79 Å². The summed E-state index contributed by atoms with van der Waals surface area (Å²) in [5.41, 5.74) is 0.167. The highest BCUT2D eigenvalue weighted by Crippen LogP contribution is 2.19. The third-order valence-electron chi connectivity index (χ3n) is 4.56. The second kappa shape index (κ2) is 9.59. The van der Waals surface area contributed by atoms with E-state index in [1.807, 2.05) is 0 Å². The van der Waals surface area contributed by atoms with Gasteiger partial charge in [0.25, 0.3) is 5.91 Å². The lowest BCUT2D eigenvalue weighted by Crippen LogP contribution is -2.30. The first-order valence-electron chi connectivity index (χ1n) is 9.69. The number of nitrogens with zero attached hydrogens (tertiary/aromatic N) is 3. The molecule has 0 aliphatic rings. The summed E-state index contributed by atoms with van der Waals surface area (Å²) >= 11 is 0. The molecule has 0 atom stereocenters. The van der Waals surface area contributed by atoms with E-state index in [4.69, 9.17) is 4.42 Å². The Labute approximate surface area is 186 Å². The Bertz CT molecular complexity index is 1280. The zero-order valence-electron chi connectivity index (χ0n) is 17.4. The number of nitrogens with one attached hydrogen (secondary N) is 1. The van der Waals surface area contributed by atoms with Crippen molar-refractivity contribution < 1.29 is 26.0 Å². The van der Waals surface area contributed by atoms with Crippen LogP contribution in [0.5, 0.6) is 0 Å².